The third-order valence-electron chi connectivity index (χ3n) is 4.35. The molecule has 0 spiro atoms. The van der Waals surface area contributed by atoms with Crippen LogP contribution in [0.1, 0.15) is 23.8 Å². The Hall–Kier alpha value is -1.36. The first-order valence-corrected chi connectivity index (χ1v) is 8.84. The standard InChI is InChI=1S/C18H24N2OS/c1-21-17(18-8-5-13-22-18)14-19-15-9-11-20(12-10-15)16-6-3-2-4-7-16/h2-8,13,15,17,19H,9-12,14H2,1H3/t17-/m1/s1. The lowest BCUT2D eigenvalue weighted by molar-refractivity contribution is 0.101. The maximum Gasteiger partial charge on any atom is 0.104 e. The van der Waals surface area contributed by atoms with Crippen molar-refractivity contribution in [1.82, 2.24) is 5.32 Å². The Kier molecular flexibility index (Phi) is 5.48. The van der Waals surface area contributed by atoms with Gasteiger partial charge in [-0.2, -0.15) is 0 Å². The van der Waals surface area contributed by atoms with E-state index in [1.54, 1.807) is 18.4 Å². The number of para-hydroxylation sites is 1. The van der Waals surface area contributed by atoms with Gasteiger partial charge in [0.1, 0.15) is 6.10 Å². The smallest absolute Gasteiger partial charge is 0.104 e. The number of rotatable bonds is 6. The van der Waals surface area contributed by atoms with Crippen LogP contribution < -0.4 is 10.2 Å². The zero-order valence-corrected chi connectivity index (χ0v) is 13.9. The van der Waals surface area contributed by atoms with E-state index in [1.165, 1.54) is 23.4 Å². The largest absolute Gasteiger partial charge is 0.375 e. The monoisotopic (exact) mass is 316 g/mol. The van der Waals surface area contributed by atoms with Crippen molar-refractivity contribution in [3.8, 4) is 0 Å². The summed E-state index contributed by atoms with van der Waals surface area (Å²) >= 11 is 1.77. The van der Waals surface area contributed by atoms with Gasteiger partial charge in [-0.05, 0) is 36.4 Å². The zero-order valence-electron chi connectivity index (χ0n) is 13.1. The molecule has 1 atom stereocenters. The van der Waals surface area contributed by atoms with Crippen molar-refractivity contribution in [2.24, 2.45) is 0 Å². The number of benzene rings is 1. The average Bonchev–Trinajstić information content (AvgIpc) is 3.11. The van der Waals surface area contributed by atoms with Crippen molar-refractivity contribution in [3.05, 3.63) is 52.7 Å². The van der Waals surface area contributed by atoms with Crippen molar-refractivity contribution < 1.29 is 4.74 Å². The van der Waals surface area contributed by atoms with Gasteiger partial charge in [-0.25, -0.2) is 0 Å². The molecule has 3 rings (SSSR count). The highest BCUT2D eigenvalue weighted by atomic mass is 32.1. The molecule has 1 aliphatic heterocycles. The number of nitrogens with zero attached hydrogens (tertiary/aromatic N) is 1. The zero-order chi connectivity index (χ0) is 15.2. The van der Waals surface area contributed by atoms with Gasteiger partial charge in [-0.15, -0.1) is 11.3 Å². The molecule has 0 bridgehead atoms. The van der Waals surface area contributed by atoms with Gasteiger partial charge in [0.2, 0.25) is 0 Å². The molecule has 1 aromatic carbocycles. The van der Waals surface area contributed by atoms with E-state index < -0.39 is 0 Å². The molecule has 0 amide bonds. The Morgan fingerprint density at radius 1 is 1.18 bits per heavy atom. The second kappa shape index (κ2) is 7.77. The molecule has 0 aliphatic carbocycles. The minimum absolute atomic E-state index is 0.173. The van der Waals surface area contributed by atoms with E-state index in [4.69, 9.17) is 4.74 Å². The molecular formula is C18H24N2OS. The van der Waals surface area contributed by atoms with Crippen molar-refractivity contribution in [2.75, 3.05) is 31.6 Å². The summed E-state index contributed by atoms with van der Waals surface area (Å²) in [6.45, 7) is 3.14. The molecule has 1 N–H and O–H groups in total. The van der Waals surface area contributed by atoms with Crippen LogP contribution in [0, 0.1) is 0 Å². The summed E-state index contributed by atoms with van der Waals surface area (Å²) < 4.78 is 5.61. The highest BCUT2D eigenvalue weighted by Crippen LogP contribution is 2.23. The van der Waals surface area contributed by atoms with Crippen LogP contribution in [0.2, 0.25) is 0 Å². The summed E-state index contributed by atoms with van der Waals surface area (Å²) in [5.74, 6) is 0. The highest BCUT2D eigenvalue weighted by molar-refractivity contribution is 7.10. The van der Waals surface area contributed by atoms with Gasteiger partial charge in [0.05, 0.1) is 0 Å². The minimum atomic E-state index is 0.173. The van der Waals surface area contributed by atoms with E-state index in [0.717, 1.165) is 19.6 Å². The first-order valence-electron chi connectivity index (χ1n) is 7.96. The second-order valence-corrected chi connectivity index (χ2v) is 6.72. The fourth-order valence-corrected chi connectivity index (χ4v) is 3.83. The topological polar surface area (TPSA) is 24.5 Å². The Morgan fingerprint density at radius 3 is 2.59 bits per heavy atom. The molecule has 0 unspecified atom stereocenters. The highest BCUT2D eigenvalue weighted by Gasteiger charge is 2.20. The number of thiophene rings is 1. The first kappa shape index (κ1) is 15.5. The summed E-state index contributed by atoms with van der Waals surface area (Å²) in [6.07, 6.45) is 2.55. The Labute approximate surface area is 136 Å². The molecule has 0 saturated carbocycles. The molecule has 3 nitrogen and oxygen atoms in total. The predicted molar refractivity (Wildman–Crippen MR) is 93.7 cm³/mol. The van der Waals surface area contributed by atoms with Crippen molar-refractivity contribution >= 4 is 17.0 Å². The second-order valence-electron chi connectivity index (χ2n) is 5.74. The van der Waals surface area contributed by atoms with Crippen molar-refractivity contribution in [1.29, 1.82) is 0 Å². The van der Waals surface area contributed by atoms with Crippen LogP contribution >= 0.6 is 11.3 Å². The molecule has 2 heterocycles. The van der Waals surface area contributed by atoms with E-state index in [0.29, 0.717) is 6.04 Å². The van der Waals surface area contributed by atoms with Gasteiger partial charge in [0.15, 0.2) is 0 Å². The molecule has 2 aromatic rings. The van der Waals surface area contributed by atoms with Gasteiger partial charge >= 0.3 is 0 Å². The summed E-state index contributed by atoms with van der Waals surface area (Å²) in [5, 5.41) is 5.80. The molecule has 1 aromatic heterocycles. The van der Waals surface area contributed by atoms with E-state index in [2.05, 4.69) is 58.1 Å². The number of hydrogen-bond donors (Lipinski definition) is 1. The molecule has 1 fully saturated rings. The summed E-state index contributed by atoms with van der Waals surface area (Å²) in [4.78, 5) is 3.78. The average molecular weight is 316 g/mol. The fraction of sp³-hybridized carbons (Fsp3) is 0.444. The van der Waals surface area contributed by atoms with Crippen LogP contribution in [0.25, 0.3) is 0 Å². The normalized spacial score (nSPS) is 17.6. The first-order chi connectivity index (χ1) is 10.9. The van der Waals surface area contributed by atoms with Crippen molar-refractivity contribution in [3.63, 3.8) is 0 Å². The number of hydrogen-bond acceptors (Lipinski definition) is 4. The van der Waals surface area contributed by atoms with E-state index in [1.807, 2.05) is 0 Å². The number of ether oxygens (including phenoxy) is 1. The van der Waals surface area contributed by atoms with Crippen LogP contribution in [0.3, 0.4) is 0 Å². The van der Waals surface area contributed by atoms with Gasteiger partial charge in [-0.1, -0.05) is 24.3 Å². The third kappa shape index (κ3) is 3.88. The fourth-order valence-electron chi connectivity index (χ4n) is 3.03. The Balaban J connectivity index is 1.46. The van der Waals surface area contributed by atoms with Crippen LogP contribution in [-0.2, 0) is 4.74 Å². The number of piperidine rings is 1. The minimum Gasteiger partial charge on any atom is -0.375 e. The van der Waals surface area contributed by atoms with Gasteiger partial charge < -0.3 is 15.0 Å². The third-order valence-corrected chi connectivity index (χ3v) is 5.32. The van der Waals surface area contributed by atoms with Gasteiger partial charge in [0.25, 0.3) is 0 Å². The van der Waals surface area contributed by atoms with E-state index in [-0.39, 0.29) is 6.10 Å². The lowest BCUT2D eigenvalue weighted by atomic mass is 10.0. The number of anilines is 1. The summed E-state index contributed by atoms with van der Waals surface area (Å²) in [6, 6.07) is 15.5. The van der Waals surface area contributed by atoms with E-state index in [9.17, 15) is 0 Å². The van der Waals surface area contributed by atoms with Crippen LogP contribution in [-0.4, -0.2) is 32.8 Å². The Bertz CT molecular complexity index is 535. The lowest BCUT2D eigenvalue weighted by Gasteiger charge is -2.34. The molecule has 1 aliphatic rings. The van der Waals surface area contributed by atoms with Crippen LogP contribution in [0.4, 0.5) is 5.69 Å². The summed E-state index contributed by atoms with van der Waals surface area (Å²) in [7, 11) is 1.80. The maximum absolute atomic E-state index is 5.61. The quantitative estimate of drug-likeness (QED) is 0.879. The number of methoxy groups -OCH3 is 1. The van der Waals surface area contributed by atoms with Crippen LogP contribution in [0.5, 0.6) is 0 Å². The maximum atomic E-state index is 5.61. The molecule has 1 saturated heterocycles. The molecule has 22 heavy (non-hydrogen) atoms. The van der Waals surface area contributed by atoms with Gasteiger partial charge in [0, 0.05) is 43.4 Å². The predicted octanol–water partition coefficient (Wildman–Crippen LogP) is 3.69. The Morgan fingerprint density at radius 2 is 1.95 bits per heavy atom. The molecule has 0 radical (unpaired) electrons. The number of nitrogens with one attached hydrogen (secondary N) is 1. The molecular weight excluding hydrogens is 292 g/mol. The van der Waals surface area contributed by atoms with Crippen molar-refractivity contribution in [2.45, 2.75) is 25.0 Å². The SMILES string of the molecule is CO[C@H](CNC1CCN(c2ccccc2)CC1)c1cccs1. The molecule has 4 heteroatoms. The van der Waals surface area contributed by atoms with Gasteiger partial charge in [-0.3, -0.25) is 0 Å². The van der Waals surface area contributed by atoms with Crippen LogP contribution in [0.15, 0.2) is 47.8 Å². The van der Waals surface area contributed by atoms with E-state index >= 15 is 0 Å². The summed E-state index contributed by atoms with van der Waals surface area (Å²) in [5.41, 5.74) is 1.34. The molecule has 118 valence electrons. The lowest BCUT2D eigenvalue weighted by Crippen LogP contribution is -2.43.